The van der Waals surface area contributed by atoms with Crippen LogP contribution >= 0.6 is 0 Å². The number of nitrogens with zero attached hydrogens (tertiary/aromatic N) is 1. The quantitative estimate of drug-likeness (QED) is 0.0444. The SMILES string of the molecule is CCCCCCCCCCCCCCCCCC[N+](O)(CCC)CCCCCCCCCCCCCCCCCC. The zero-order chi connectivity index (χ0) is 30.0. The third-order valence-electron chi connectivity index (χ3n) is 9.50. The first-order chi connectivity index (χ1) is 20.2. The van der Waals surface area contributed by atoms with Crippen LogP contribution in [0.5, 0.6) is 0 Å². The third kappa shape index (κ3) is 32.7. The summed E-state index contributed by atoms with van der Waals surface area (Å²) in [5, 5.41) is 11.2. The average molecular weight is 581 g/mol. The highest BCUT2D eigenvalue weighted by atomic mass is 16.5. The Kier molecular flexibility index (Phi) is 34.3. The lowest BCUT2D eigenvalue weighted by Gasteiger charge is -2.30. The van der Waals surface area contributed by atoms with Crippen LogP contribution in [-0.4, -0.2) is 29.5 Å². The molecule has 2 heteroatoms. The molecule has 0 aromatic carbocycles. The van der Waals surface area contributed by atoms with E-state index in [0.717, 1.165) is 26.1 Å². The van der Waals surface area contributed by atoms with Gasteiger partial charge in [-0.15, -0.1) is 0 Å². The minimum atomic E-state index is 0.341. The van der Waals surface area contributed by atoms with Crippen molar-refractivity contribution in [2.24, 2.45) is 0 Å². The second-order valence-electron chi connectivity index (χ2n) is 13.9. The molecular weight excluding hydrogens is 498 g/mol. The summed E-state index contributed by atoms with van der Waals surface area (Å²) in [4.78, 5) is 0. The van der Waals surface area contributed by atoms with Gasteiger partial charge in [0.05, 0.1) is 0 Å². The fraction of sp³-hybridized carbons (Fsp3) is 1.00. The molecule has 0 aliphatic carbocycles. The van der Waals surface area contributed by atoms with E-state index in [1.165, 1.54) is 205 Å². The first-order valence-corrected chi connectivity index (χ1v) is 19.8. The molecule has 0 rings (SSSR count). The maximum Gasteiger partial charge on any atom is 0.109 e. The van der Waals surface area contributed by atoms with Crippen LogP contribution in [0.25, 0.3) is 0 Å². The molecular formula is C39H82NO+. The Morgan fingerprint density at radius 2 is 0.439 bits per heavy atom. The van der Waals surface area contributed by atoms with Crippen LogP contribution in [0.1, 0.15) is 233 Å². The van der Waals surface area contributed by atoms with Crippen LogP contribution in [0, 0.1) is 0 Å². The Labute approximate surface area is 261 Å². The Morgan fingerprint density at radius 3 is 0.634 bits per heavy atom. The highest BCUT2D eigenvalue weighted by Crippen LogP contribution is 2.17. The monoisotopic (exact) mass is 581 g/mol. The molecule has 248 valence electrons. The van der Waals surface area contributed by atoms with Gasteiger partial charge in [0.15, 0.2) is 0 Å². The van der Waals surface area contributed by atoms with Crippen molar-refractivity contribution >= 4 is 0 Å². The summed E-state index contributed by atoms with van der Waals surface area (Å²) in [6.45, 7) is 9.73. The van der Waals surface area contributed by atoms with Crippen LogP contribution in [-0.2, 0) is 0 Å². The number of quaternary nitrogens is 1. The largest absolute Gasteiger partial charge is 0.217 e. The van der Waals surface area contributed by atoms with Gasteiger partial charge >= 0.3 is 0 Å². The van der Waals surface area contributed by atoms with Gasteiger partial charge in [0.1, 0.15) is 19.6 Å². The number of unbranched alkanes of at least 4 members (excludes halogenated alkanes) is 30. The van der Waals surface area contributed by atoms with Crippen LogP contribution < -0.4 is 0 Å². The Balaban J connectivity index is 3.49. The lowest BCUT2D eigenvalue weighted by atomic mass is 10.0. The smallest absolute Gasteiger partial charge is 0.109 e. The van der Waals surface area contributed by atoms with Crippen molar-refractivity contribution in [3.05, 3.63) is 0 Å². The average Bonchev–Trinajstić information content (AvgIpc) is 2.97. The lowest BCUT2D eigenvalue weighted by Crippen LogP contribution is -2.46. The summed E-state index contributed by atoms with van der Waals surface area (Å²) in [7, 11) is 0. The lowest BCUT2D eigenvalue weighted by molar-refractivity contribution is -1.10. The fourth-order valence-electron chi connectivity index (χ4n) is 6.66. The van der Waals surface area contributed by atoms with E-state index in [1.807, 2.05) is 0 Å². The summed E-state index contributed by atoms with van der Waals surface area (Å²) < 4.78 is 0.341. The van der Waals surface area contributed by atoms with Crippen molar-refractivity contribution in [1.82, 2.24) is 0 Å². The molecule has 0 saturated heterocycles. The van der Waals surface area contributed by atoms with E-state index in [9.17, 15) is 5.21 Å². The summed E-state index contributed by atoms with van der Waals surface area (Å²) in [6, 6.07) is 0. The molecule has 0 amide bonds. The molecule has 0 unspecified atom stereocenters. The molecule has 0 heterocycles. The van der Waals surface area contributed by atoms with Gasteiger partial charge in [0, 0.05) is 0 Å². The van der Waals surface area contributed by atoms with Crippen molar-refractivity contribution in [3.8, 4) is 0 Å². The summed E-state index contributed by atoms with van der Waals surface area (Å²) in [5.74, 6) is 0. The second kappa shape index (κ2) is 34.4. The van der Waals surface area contributed by atoms with Crippen molar-refractivity contribution in [2.45, 2.75) is 233 Å². The van der Waals surface area contributed by atoms with Crippen LogP contribution in [0.3, 0.4) is 0 Å². The predicted molar refractivity (Wildman–Crippen MR) is 186 cm³/mol. The molecule has 0 fully saturated rings. The molecule has 0 aromatic heterocycles. The third-order valence-corrected chi connectivity index (χ3v) is 9.50. The topological polar surface area (TPSA) is 20.2 Å². The van der Waals surface area contributed by atoms with Gasteiger partial charge in [-0.25, -0.2) is 5.21 Å². The zero-order valence-electron chi connectivity index (χ0n) is 29.4. The van der Waals surface area contributed by atoms with Crippen LogP contribution in [0.15, 0.2) is 0 Å². The summed E-state index contributed by atoms with van der Waals surface area (Å²) in [5.41, 5.74) is 0. The maximum atomic E-state index is 11.2. The molecule has 0 saturated carbocycles. The molecule has 2 nitrogen and oxygen atoms in total. The van der Waals surface area contributed by atoms with E-state index < -0.39 is 0 Å². The second-order valence-corrected chi connectivity index (χ2v) is 13.9. The van der Waals surface area contributed by atoms with Crippen molar-refractivity contribution < 1.29 is 9.85 Å². The van der Waals surface area contributed by atoms with Crippen molar-refractivity contribution in [2.75, 3.05) is 19.6 Å². The van der Waals surface area contributed by atoms with E-state index in [1.54, 1.807) is 0 Å². The maximum absolute atomic E-state index is 11.2. The molecule has 0 aliphatic heterocycles. The first kappa shape index (κ1) is 40.9. The van der Waals surface area contributed by atoms with Crippen LogP contribution in [0.2, 0.25) is 0 Å². The molecule has 0 bridgehead atoms. The van der Waals surface area contributed by atoms with Crippen molar-refractivity contribution in [1.29, 1.82) is 0 Å². The standard InChI is InChI=1S/C39H82NO/c1-4-7-9-11-13-15-17-19-21-23-25-27-29-31-33-35-38-40(41,37-6-3)39-36-34-32-30-28-26-24-22-20-18-16-14-12-10-8-5-2/h41H,4-39H2,1-3H3/q+1. The Bertz CT molecular complexity index is 428. The van der Waals surface area contributed by atoms with Gasteiger partial charge in [-0.1, -0.05) is 201 Å². The summed E-state index contributed by atoms with van der Waals surface area (Å²) >= 11 is 0. The van der Waals surface area contributed by atoms with E-state index in [2.05, 4.69) is 20.8 Å². The fourth-order valence-corrected chi connectivity index (χ4v) is 6.66. The molecule has 0 aromatic rings. The molecule has 0 radical (unpaired) electrons. The minimum absolute atomic E-state index is 0.341. The molecule has 41 heavy (non-hydrogen) atoms. The van der Waals surface area contributed by atoms with Crippen LogP contribution in [0.4, 0.5) is 0 Å². The van der Waals surface area contributed by atoms with E-state index in [0.29, 0.717) is 4.65 Å². The Morgan fingerprint density at radius 1 is 0.244 bits per heavy atom. The first-order valence-electron chi connectivity index (χ1n) is 19.8. The molecule has 0 atom stereocenters. The van der Waals surface area contributed by atoms with Gasteiger partial charge in [-0.05, 0) is 32.1 Å². The van der Waals surface area contributed by atoms with Gasteiger partial charge < -0.3 is 0 Å². The van der Waals surface area contributed by atoms with Crippen molar-refractivity contribution in [3.63, 3.8) is 0 Å². The predicted octanol–water partition coefficient (Wildman–Crippen LogP) is 14.1. The normalized spacial score (nSPS) is 12.0. The van der Waals surface area contributed by atoms with Gasteiger partial charge in [-0.3, -0.25) is 0 Å². The van der Waals surface area contributed by atoms with Gasteiger partial charge in [0.2, 0.25) is 0 Å². The van der Waals surface area contributed by atoms with Gasteiger partial charge in [-0.2, -0.15) is 4.65 Å². The van der Waals surface area contributed by atoms with Gasteiger partial charge in [0.25, 0.3) is 0 Å². The zero-order valence-corrected chi connectivity index (χ0v) is 29.4. The molecule has 0 spiro atoms. The summed E-state index contributed by atoms with van der Waals surface area (Å²) in [6.07, 6.45) is 46.3. The van der Waals surface area contributed by atoms with E-state index in [4.69, 9.17) is 0 Å². The Hall–Kier alpha value is -0.0800. The van der Waals surface area contributed by atoms with E-state index >= 15 is 0 Å². The number of hydrogen-bond acceptors (Lipinski definition) is 1. The number of rotatable bonds is 36. The minimum Gasteiger partial charge on any atom is -0.217 e. The molecule has 0 aliphatic rings. The molecule has 1 N–H and O–H groups in total. The highest BCUT2D eigenvalue weighted by molar-refractivity contribution is 4.52. The number of hydrogen-bond donors (Lipinski definition) is 1. The number of hydroxylamine groups is 3. The highest BCUT2D eigenvalue weighted by Gasteiger charge is 2.23. The van der Waals surface area contributed by atoms with E-state index in [-0.39, 0.29) is 0 Å².